The summed E-state index contributed by atoms with van der Waals surface area (Å²) in [5.74, 6) is 0. The zero-order valence-electron chi connectivity index (χ0n) is 10.3. The second-order valence-corrected chi connectivity index (χ2v) is 4.62. The summed E-state index contributed by atoms with van der Waals surface area (Å²) in [6.07, 6.45) is 2.70. The molecule has 0 unspecified atom stereocenters. The Hall–Kier alpha value is -0.0800. The van der Waals surface area contributed by atoms with Crippen LogP contribution < -0.4 is 0 Å². The summed E-state index contributed by atoms with van der Waals surface area (Å²) in [5, 5.41) is 0. The molecule has 14 heavy (non-hydrogen) atoms. The smallest absolute Gasteiger partial charge is 0.0916 e. The molecule has 0 spiro atoms. The number of unbranched alkanes of at least 4 members (excludes halogenated alkanes) is 1. The predicted octanol–water partition coefficient (Wildman–Crippen LogP) is 1.96. The van der Waals surface area contributed by atoms with Crippen LogP contribution in [0.2, 0.25) is 0 Å². The van der Waals surface area contributed by atoms with E-state index in [-0.39, 0.29) is 0 Å². The van der Waals surface area contributed by atoms with Crippen molar-refractivity contribution >= 4 is 0 Å². The Morgan fingerprint density at radius 2 is 1.57 bits per heavy atom. The van der Waals surface area contributed by atoms with Gasteiger partial charge in [0.25, 0.3) is 0 Å². The van der Waals surface area contributed by atoms with Crippen LogP contribution in [0.25, 0.3) is 0 Å². The van der Waals surface area contributed by atoms with Crippen molar-refractivity contribution in [2.75, 3.05) is 45.8 Å². The van der Waals surface area contributed by atoms with Crippen LogP contribution in [-0.4, -0.2) is 55.2 Å². The molecule has 1 fully saturated rings. The molecule has 0 aliphatic carbocycles. The molecule has 2 nitrogen and oxygen atoms in total. The van der Waals surface area contributed by atoms with Gasteiger partial charge in [-0.05, 0) is 26.8 Å². The third-order valence-electron chi connectivity index (χ3n) is 3.95. The quantitative estimate of drug-likeness (QED) is 0.612. The molecule has 0 aromatic heterocycles. The molecule has 0 saturated carbocycles. The van der Waals surface area contributed by atoms with Crippen molar-refractivity contribution in [3.63, 3.8) is 0 Å². The first kappa shape index (κ1) is 12.0. The molecule has 1 rings (SSSR count). The number of rotatable bonds is 5. The molecule has 0 aromatic rings. The Bertz CT molecular complexity index is 142. The largest absolute Gasteiger partial charge is 0.322 e. The molecule has 1 saturated heterocycles. The minimum atomic E-state index is 1.32. The first-order chi connectivity index (χ1) is 6.76. The van der Waals surface area contributed by atoms with E-state index in [1.807, 2.05) is 0 Å². The SMILES string of the molecule is CCCCN1CC[N+](CC)(CC)CC1. The monoisotopic (exact) mass is 199 g/mol. The van der Waals surface area contributed by atoms with Gasteiger partial charge in [-0.25, -0.2) is 0 Å². The van der Waals surface area contributed by atoms with Crippen LogP contribution in [0.5, 0.6) is 0 Å². The lowest BCUT2D eigenvalue weighted by atomic mass is 10.2. The van der Waals surface area contributed by atoms with Crippen molar-refractivity contribution in [2.24, 2.45) is 0 Å². The van der Waals surface area contributed by atoms with Crippen molar-refractivity contribution in [1.82, 2.24) is 4.90 Å². The summed E-state index contributed by atoms with van der Waals surface area (Å²) in [6.45, 7) is 16.3. The molecule has 2 heteroatoms. The summed E-state index contributed by atoms with van der Waals surface area (Å²) in [6, 6.07) is 0. The Labute approximate surface area is 89.5 Å². The van der Waals surface area contributed by atoms with Gasteiger partial charge in [-0.15, -0.1) is 0 Å². The third kappa shape index (κ3) is 2.96. The van der Waals surface area contributed by atoms with Gasteiger partial charge in [0.1, 0.15) is 0 Å². The van der Waals surface area contributed by atoms with E-state index in [1.54, 1.807) is 0 Å². The van der Waals surface area contributed by atoms with Crippen LogP contribution in [0.3, 0.4) is 0 Å². The maximum Gasteiger partial charge on any atom is 0.0916 e. The first-order valence-electron chi connectivity index (χ1n) is 6.33. The van der Waals surface area contributed by atoms with Crippen LogP contribution in [0.15, 0.2) is 0 Å². The molecular weight excluding hydrogens is 172 g/mol. The van der Waals surface area contributed by atoms with E-state index in [0.717, 1.165) is 0 Å². The normalized spacial score (nSPS) is 22.5. The van der Waals surface area contributed by atoms with Gasteiger partial charge in [-0.1, -0.05) is 13.3 Å². The molecule has 0 atom stereocenters. The van der Waals surface area contributed by atoms with Gasteiger partial charge in [0, 0.05) is 13.1 Å². The highest BCUT2D eigenvalue weighted by Crippen LogP contribution is 2.12. The van der Waals surface area contributed by atoms with Crippen LogP contribution in [-0.2, 0) is 0 Å². The summed E-state index contributed by atoms with van der Waals surface area (Å²) in [5.41, 5.74) is 0. The topological polar surface area (TPSA) is 3.24 Å². The van der Waals surface area contributed by atoms with E-state index in [4.69, 9.17) is 0 Å². The Kier molecular flexibility index (Phi) is 4.90. The van der Waals surface area contributed by atoms with Gasteiger partial charge in [-0.2, -0.15) is 0 Å². The van der Waals surface area contributed by atoms with Crippen molar-refractivity contribution in [3.8, 4) is 0 Å². The predicted molar refractivity (Wildman–Crippen MR) is 62.4 cm³/mol. The first-order valence-corrected chi connectivity index (χ1v) is 6.33. The number of nitrogens with zero attached hydrogens (tertiary/aromatic N) is 2. The number of quaternary nitrogens is 1. The fourth-order valence-electron chi connectivity index (χ4n) is 2.39. The van der Waals surface area contributed by atoms with Crippen LogP contribution in [0, 0.1) is 0 Å². The van der Waals surface area contributed by atoms with E-state index in [1.165, 1.54) is 63.1 Å². The summed E-state index contributed by atoms with van der Waals surface area (Å²) >= 11 is 0. The van der Waals surface area contributed by atoms with Gasteiger partial charge in [-0.3, -0.25) is 4.90 Å². The highest BCUT2D eigenvalue weighted by molar-refractivity contribution is 4.63. The lowest BCUT2D eigenvalue weighted by Gasteiger charge is -2.43. The van der Waals surface area contributed by atoms with Crippen molar-refractivity contribution < 1.29 is 4.48 Å². The molecule has 0 bridgehead atoms. The van der Waals surface area contributed by atoms with Crippen LogP contribution in [0.4, 0.5) is 0 Å². The lowest BCUT2D eigenvalue weighted by molar-refractivity contribution is -0.928. The van der Waals surface area contributed by atoms with E-state index in [0.29, 0.717) is 0 Å². The number of hydrogen-bond donors (Lipinski definition) is 0. The fraction of sp³-hybridized carbons (Fsp3) is 1.00. The molecule has 0 aromatic carbocycles. The molecule has 0 amide bonds. The number of likely N-dealkylation sites (N-methyl/N-ethyl adjacent to an activating group) is 1. The van der Waals surface area contributed by atoms with Gasteiger partial charge in [0.15, 0.2) is 0 Å². The average molecular weight is 199 g/mol. The van der Waals surface area contributed by atoms with Gasteiger partial charge >= 0.3 is 0 Å². The Balaban J connectivity index is 2.29. The summed E-state index contributed by atoms with van der Waals surface area (Å²) < 4.78 is 1.35. The molecule has 84 valence electrons. The van der Waals surface area contributed by atoms with Crippen LogP contribution >= 0.6 is 0 Å². The summed E-state index contributed by atoms with van der Waals surface area (Å²) in [7, 11) is 0. The maximum absolute atomic E-state index is 2.64. The molecular formula is C12H27N2+. The van der Waals surface area contributed by atoms with Crippen molar-refractivity contribution in [1.29, 1.82) is 0 Å². The minimum absolute atomic E-state index is 1.32. The molecule has 1 aliphatic heterocycles. The van der Waals surface area contributed by atoms with Crippen LogP contribution in [0.1, 0.15) is 33.6 Å². The minimum Gasteiger partial charge on any atom is -0.322 e. The van der Waals surface area contributed by atoms with E-state index >= 15 is 0 Å². The Morgan fingerprint density at radius 3 is 2.00 bits per heavy atom. The Morgan fingerprint density at radius 1 is 1.00 bits per heavy atom. The highest BCUT2D eigenvalue weighted by Gasteiger charge is 2.28. The molecule has 1 aliphatic rings. The van der Waals surface area contributed by atoms with E-state index in [9.17, 15) is 0 Å². The van der Waals surface area contributed by atoms with Crippen molar-refractivity contribution in [3.05, 3.63) is 0 Å². The second kappa shape index (κ2) is 5.72. The third-order valence-corrected chi connectivity index (χ3v) is 3.95. The molecule has 0 N–H and O–H groups in total. The second-order valence-electron chi connectivity index (χ2n) is 4.62. The lowest BCUT2D eigenvalue weighted by Crippen LogP contribution is -2.59. The fourth-order valence-corrected chi connectivity index (χ4v) is 2.39. The number of hydrogen-bond acceptors (Lipinski definition) is 1. The van der Waals surface area contributed by atoms with Gasteiger partial charge in [0.2, 0.25) is 0 Å². The van der Waals surface area contributed by atoms with Gasteiger partial charge < -0.3 is 4.48 Å². The zero-order chi connectivity index (χ0) is 10.4. The maximum atomic E-state index is 2.64. The molecule has 0 radical (unpaired) electrons. The highest BCUT2D eigenvalue weighted by atomic mass is 15.4. The van der Waals surface area contributed by atoms with Gasteiger partial charge in [0.05, 0.1) is 26.2 Å². The van der Waals surface area contributed by atoms with Crippen molar-refractivity contribution in [2.45, 2.75) is 33.6 Å². The van der Waals surface area contributed by atoms with E-state index in [2.05, 4.69) is 25.7 Å². The average Bonchev–Trinajstić information content (AvgIpc) is 2.27. The number of piperazine rings is 1. The van der Waals surface area contributed by atoms with E-state index < -0.39 is 0 Å². The molecule has 1 heterocycles. The summed E-state index contributed by atoms with van der Waals surface area (Å²) in [4.78, 5) is 2.64. The standard InChI is InChI=1S/C12H27N2/c1-4-7-8-13-9-11-14(5-2,6-3)12-10-13/h4-12H2,1-3H3/q+1. The zero-order valence-corrected chi connectivity index (χ0v) is 10.3.